The molecule has 1 amide bonds. The van der Waals surface area contributed by atoms with Crippen molar-refractivity contribution >= 4 is 23.1 Å². The maximum absolute atomic E-state index is 13.1. The number of nitrogens with two attached hydrogens (primary N) is 2. The van der Waals surface area contributed by atoms with Gasteiger partial charge in [-0.3, -0.25) is 4.79 Å². The predicted octanol–water partition coefficient (Wildman–Crippen LogP) is 4.42. The van der Waals surface area contributed by atoms with E-state index >= 15 is 0 Å². The van der Waals surface area contributed by atoms with E-state index in [1.54, 1.807) is 6.07 Å². The summed E-state index contributed by atoms with van der Waals surface area (Å²) in [6, 6.07) is 23.2. The monoisotopic (exact) mass is 415 g/mol. The van der Waals surface area contributed by atoms with Crippen LogP contribution in [0.4, 0.5) is 11.4 Å². The van der Waals surface area contributed by atoms with Crippen LogP contribution in [0.3, 0.4) is 0 Å². The van der Waals surface area contributed by atoms with Crippen LogP contribution in [0.1, 0.15) is 36.2 Å². The molecule has 0 fully saturated rings. The number of carbonyl (C=O) groups is 1. The molecule has 0 bridgehead atoms. The molecule has 0 saturated carbocycles. The van der Waals surface area contributed by atoms with Gasteiger partial charge in [0.25, 0.3) is 5.91 Å². The van der Waals surface area contributed by atoms with Gasteiger partial charge in [-0.2, -0.15) is 5.10 Å². The first-order valence-electron chi connectivity index (χ1n) is 10.5. The highest BCUT2D eigenvalue weighted by Crippen LogP contribution is 2.26. The van der Waals surface area contributed by atoms with Crippen molar-refractivity contribution in [2.24, 2.45) is 16.7 Å². The molecule has 6 heteroatoms. The molecule has 0 aliphatic rings. The Labute approximate surface area is 183 Å². The minimum atomic E-state index is -0.217. The SMILES string of the molecule is CCCN(CC)c1cccc(C(=O)Nc2cc(-c3ccccc3)ccc2/C(N)=N/N)c1. The van der Waals surface area contributed by atoms with E-state index in [0.717, 1.165) is 36.3 Å². The van der Waals surface area contributed by atoms with Gasteiger partial charge in [-0.1, -0.05) is 49.4 Å². The lowest BCUT2D eigenvalue weighted by atomic mass is 10.0. The van der Waals surface area contributed by atoms with Gasteiger partial charge in [-0.15, -0.1) is 0 Å². The van der Waals surface area contributed by atoms with Crippen LogP contribution in [-0.4, -0.2) is 24.8 Å². The van der Waals surface area contributed by atoms with Crippen molar-refractivity contribution in [1.82, 2.24) is 0 Å². The van der Waals surface area contributed by atoms with Crippen molar-refractivity contribution in [3.63, 3.8) is 0 Å². The third-order valence-corrected chi connectivity index (χ3v) is 5.14. The molecule has 0 spiro atoms. The van der Waals surface area contributed by atoms with E-state index in [0.29, 0.717) is 16.8 Å². The number of hydrazone groups is 1. The Bertz CT molecular complexity index is 1060. The summed E-state index contributed by atoms with van der Waals surface area (Å²) >= 11 is 0. The Morgan fingerprint density at radius 3 is 2.42 bits per heavy atom. The second kappa shape index (κ2) is 10.3. The highest BCUT2D eigenvalue weighted by molar-refractivity contribution is 6.10. The highest BCUT2D eigenvalue weighted by Gasteiger charge is 2.14. The highest BCUT2D eigenvalue weighted by atomic mass is 16.1. The maximum atomic E-state index is 13.1. The van der Waals surface area contributed by atoms with E-state index in [1.807, 2.05) is 66.7 Å². The van der Waals surface area contributed by atoms with Gasteiger partial charge in [0.15, 0.2) is 5.84 Å². The zero-order valence-electron chi connectivity index (χ0n) is 18.0. The van der Waals surface area contributed by atoms with Gasteiger partial charge in [0.1, 0.15) is 0 Å². The molecule has 0 aliphatic carbocycles. The summed E-state index contributed by atoms with van der Waals surface area (Å²) in [4.78, 5) is 15.4. The van der Waals surface area contributed by atoms with Gasteiger partial charge in [-0.05, 0) is 54.8 Å². The summed E-state index contributed by atoms with van der Waals surface area (Å²) < 4.78 is 0. The van der Waals surface area contributed by atoms with Crippen LogP contribution in [0.5, 0.6) is 0 Å². The molecule has 3 rings (SSSR count). The lowest BCUT2D eigenvalue weighted by Gasteiger charge is -2.23. The molecule has 0 atom stereocenters. The standard InChI is InChI=1S/C25H29N5O/c1-3-15-30(4-2)21-12-8-11-20(16-21)25(31)28-23-17-19(18-9-6-5-7-10-18)13-14-22(23)24(26)29-27/h5-14,16-17H,3-4,15,27H2,1-2H3,(H2,26,29)(H,28,31). The lowest BCUT2D eigenvalue weighted by molar-refractivity contribution is 0.102. The molecule has 0 heterocycles. The quantitative estimate of drug-likeness (QED) is 0.220. The number of nitrogens with one attached hydrogen (secondary N) is 1. The number of anilines is 2. The van der Waals surface area contributed by atoms with Crippen LogP contribution >= 0.6 is 0 Å². The summed E-state index contributed by atoms with van der Waals surface area (Å²) in [7, 11) is 0. The van der Waals surface area contributed by atoms with Gasteiger partial charge in [-0.25, -0.2) is 0 Å². The number of hydrogen-bond acceptors (Lipinski definition) is 4. The lowest BCUT2D eigenvalue weighted by Crippen LogP contribution is -2.24. The molecule has 3 aromatic carbocycles. The molecule has 31 heavy (non-hydrogen) atoms. The molecule has 0 aliphatic heterocycles. The third-order valence-electron chi connectivity index (χ3n) is 5.14. The van der Waals surface area contributed by atoms with E-state index in [4.69, 9.17) is 11.6 Å². The fraction of sp³-hybridized carbons (Fsp3) is 0.200. The van der Waals surface area contributed by atoms with Crippen molar-refractivity contribution in [3.8, 4) is 11.1 Å². The van der Waals surface area contributed by atoms with Crippen LogP contribution in [0.2, 0.25) is 0 Å². The Morgan fingerprint density at radius 1 is 0.968 bits per heavy atom. The summed E-state index contributed by atoms with van der Waals surface area (Å²) in [5.41, 5.74) is 10.7. The van der Waals surface area contributed by atoms with E-state index in [9.17, 15) is 4.79 Å². The smallest absolute Gasteiger partial charge is 0.255 e. The van der Waals surface area contributed by atoms with Gasteiger partial charge >= 0.3 is 0 Å². The molecule has 0 radical (unpaired) electrons. The first-order chi connectivity index (χ1) is 15.1. The summed E-state index contributed by atoms with van der Waals surface area (Å²) in [5, 5.41) is 6.60. The largest absolute Gasteiger partial charge is 0.382 e. The van der Waals surface area contributed by atoms with Crippen molar-refractivity contribution in [3.05, 3.63) is 83.9 Å². The van der Waals surface area contributed by atoms with Crippen molar-refractivity contribution in [2.75, 3.05) is 23.3 Å². The van der Waals surface area contributed by atoms with Gasteiger partial charge < -0.3 is 21.8 Å². The van der Waals surface area contributed by atoms with Crippen LogP contribution in [0, 0.1) is 0 Å². The minimum Gasteiger partial charge on any atom is -0.382 e. The Kier molecular flexibility index (Phi) is 7.27. The van der Waals surface area contributed by atoms with Gasteiger partial charge in [0.05, 0.1) is 5.69 Å². The minimum absolute atomic E-state index is 0.156. The van der Waals surface area contributed by atoms with Crippen LogP contribution < -0.4 is 21.8 Å². The number of nitrogens with zero attached hydrogens (tertiary/aromatic N) is 2. The average molecular weight is 416 g/mol. The normalized spacial score (nSPS) is 11.2. The first-order valence-corrected chi connectivity index (χ1v) is 10.5. The number of benzene rings is 3. The van der Waals surface area contributed by atoms with Gasteiger partial charge in [0, 0.05) is 29.9 Å². The number of amidine groups is 1. The Morgan fingerprint density at radius 2 is 1.74 bits per heavy atom. The Balaban J connectivity index is 1.94. The fourth-order valence-corrected chi connectivity index (χ4v) is 3.53. The van der Waals surface area contributed by atoms with Gasteiger partial charge in [0.2, 0.25) is 0 Å². The maximum Gasteiger partial charge on any atom is 0.255 e. The van der Waals surface area contributed by atoms with E-state index in [1.165, 1.54) is 0 Å². The van der Waals surface area contributed by atoms with Crippen molar-refractivity contribution < 1.29 is 4.79 Å². The molecule has 5 N–H and O–H groups in total. The molecule has 3 aromatic rings. The number of rotatable bonds is 8. The second-order valence-electron chi connectivity index (χ2n) is 7.22. The second-order valence-corrected chi connectivity index (χ2v) is 7.22. The molecular weight excluding hydrogens is 386 g/mol. The predicted molar refractivity (Wildman–Crippen MR) is 129 cm³/mol. The van der Waals surface area contributed by atoms with E-state index in [2.05, 4.69) is 29.2 Å². The molecule has 160 valence electrons. The Hall–Kier alpha value is -3.80. The zero-order valence-corrected chi connectivity index (χ0v) is 18.0. The van der Waals surface area contributed by atoms with Crippen molar-refractivity contribution in [2.45, 2.75) is 20.3 Å². The topological polar surface area (TPSA) is 96.7 Å². The first kappa shape index (κ1) is 21.9. The molecule has 0 saturated heterocycles. The van der Waals surface area contributed by atoms with Crippen LogP contribution in [0.15, 0.2) is 77.9 Å². The summed E-state index contributed by atoms with van der Waals surface area (Å²) in [6.07, 6.45) is 1.04. The molecule has 0 unspecified atom stereocenters. The summed E-state index contributed by atoms with van der Waals surface area (Å²) in [5.74, 6) is 5.35. The number of hydrogen-bond donors (Lipinski definition) is 3. The fourth-order valence-electron chi connectivity index (χ4n) is 3.53. The molecule has 6 nitrogen and oxygen atoms in total. The van der Waals surface area contributed by atoms with Crippen LogP contribution in [0.25, 0.3) is 11.1 Å². The molecule has 0 aromatic heterocycles. The zero-order chi connectivity index (χ0) is 22.2. The molecular formula is C25H29N5O. The van der Waals surface area contributed by atoms with E-state index in [-0.39, 0.29) is 11.7 Å². The average Bonchev–Trinajstić information content (AvgIpc) is 2.82. The summed E-state index contributed by atoms with van der Waals surface area (Å²) in [6.45, 7) is 6.07. The number of carbonyl (C=O) groups excluding carboxylic acids is 1. The van der Waals surface area contributed by atoms with E-state index < -0.39 is 0 Å². The van der Waals surface area contributed by atoms with Crippen molar-refractivity contribution in [1.29, 1.82) is 0 Å². The number of amides is 1. The third kappa shape index (κ3) is 5.22. The van der Waals surface area contributed by atoms with Crippen LogP contribution in [-0.2, 0) is 0 Å².